The third-order valence-electron chi connectivity index (χ3n) is 5.15. The van der Waals surface area contributed by atoms with Crippen molar-refractivity contribution >= 4 is 5.78 Å². The van der Waals surface area contributed by atoms with Gasteiger partial charge in [0.15, 0.2) is 5.78 Å². The molecule has 0 bridgehead atoms. The molecule has 0 saturated carbocycles. The zero-order chi connectivity index (χ0) is 16.3. The molecule has 2 saturated heterocycles. The minimum atomic E-state index is -0.593. The summed E-state index contributed by atoms with van der Waals surface area (Å²) in [6.45, 7) is 10.1. The summed E-state index contributed by atoms with van der Waals surface area (Å²) in [5.41, 5.74) is 1.64. The molecule has 2 aliphatic heterocycles. The summed E-state index contributed by atoms with van der Waals surface area (Å²) in [6, 6.07) is 0.337. The van der Waals surface area contributed by atoms with Crippen LogP contribution in [0, 0.1) is 5.92 Å². The average molecular weight is 305 g/mol. The minimum absolute atomic E-state index is 0.236. The third kappa shape index (κ3) is 4.08. The number of fused-ring (bicyclic) bond motifs is 1. The number of hydrogen-bond acceptors (Lipinski definition) is 3. The van der Waals surface area contributed by atoms with E-state index in [0.717, 1.165) is 37.9 Å². The number of carbonyl (C=O) groups excluding carboxylic acids is 1. The fourth-order valence-corrected chi connectivity index (χ4v) is 3.95. The average Bonchev–Trinajstić information content (AvgIpc) is 2.92. The first kappa shape index (κ1) is 17.4. The number of piperidine rings is 1. The van der Waals surface area contributed by atoms with E-state index in [9.17, 15) is 9.90 Å². The second-order valence-electron chi connectivity index (χ2n) is 7.36. The van der Waals surface area contributed by atoms with Crippen molar-refractivity contribution in [2.75, 3.05) is 13.1 Å². The monoisotopic (exact) mass is 305 g/mol. The van der Waals surface area contributed by atoms with Gasteiger partial charge in [0.2, 0.25) is 0 Å². The van der Waals surface area contributed by atoms with Crippen molar-refractivity contribution in [1.29, 1.82) is 0 Å². The van der Waals surface area contributed by atoms with E-state index in [2.05, 4.69) is 24.0 Å². The third-order valence-corrected chi connectivity index (χ3v) is 5.15. The molecule has 0 amide bonds. The summed E-state index contributed by atoms with van der Waals surface area (Å²) in [7, 11) is 0. The molecule has 0 aromatic rings. The quantitative estimate of drug-likeness (QED) is 0.624. The summed E-state index contributed by atoms with van der Waals surface area (Å²) >= 11 is 0. The number of allylic oxidation sites excluding steroid dienone is 3. The van der Waals surface area contributed by atoms with Gasteiger partial charge in [-0.2, -0.15) is 0 Å². The molecule has 0 radical (unpaired) electrons. The van der Waals surface area contributed by atoms with Gasteiger partial charge >= 0.3 is 0 Å². The second kappa shape index (κ2) is 7.10. The molecular weight excluding hydrogens is 274 g/mol. The van der Waals surface area contributed by atoms with Crippen LogP contribution in [0.1, 0.15) is 59.8 Å². The van der Waals surface area contributed by atoms with Crippen LogP contribution in [-0.2, 0) is 4.79 Å². The van der Waals surface area contributed by atoms with Crippen molar-refractivity contribution in [3.63, 3.8) is 0 Å². The van der Waals surface area contributed by atoms with Gasteiger partial charge in [-0.1, -0.05) is 31.6 Å². The Morgan fingerprint density at radius 1 is 1.55 bits per heavy atom. The molecule has 3 atom stereocenters. The van der Waals surface area contributed by atoms with Gasteiger partial charge in [-0.3, -0.25) is 9.69 Å². The zero-order valence-corrected chi connectivity index (χ0v) is 14.6. The van der Waals surface area contributed by atoms with E-state index in [0.29, 0.717) is 18.4 Å². The summed E-state index contributed by atoms with van der Waals surface area (Å²) in [5.74, 6) is 0.643. The zero-order valence-electron chi connectivity index (χ0n) is 14.6. The van der Waals surface area contributed by atoms with Crippen LogP contribution in [0.2, 0.25) is 0 Å². The maximum Gasteiger partial charge on any atom is 0.157 e. The Bertz CT molecular complexity index is 476. The number of rotatable bonds is 5. The van der Waals surface area contributed by atoms with Crippen LogP contribution in [0.5, 0.6) is 0 Å². The summed E-state index contributed by atoms with van der Waals surface area (Å²) in [5, 5.41) is 10.7. The predicted molar refractivity (Wildman–Crippen MR) is 90.8 cm³/mol. The van der Waals surface area contributed by atoms with E-state index in [-0.39, 0.29) is 5.78 Å². The van der Waals surface area contributed by atoms with E-state index >= 15 is 0 Å². The van der Waals surface area contributed by atoms with Crippen LogP contribution in [-0.4, -0.2) is 40.5 Å². The largest absolute Gasteiger partial charge is 0.388 e. The van der Waals surface area contributed by atoms with E-state index in [1.807, 2.05) is 20.8 Å². The highest BCUT2D eigenvalue weighted by Crippen LogP contribution is 2.37. The van der Waals surface area contributed by atoms with Crippen molar-refractivity contribution in [2.24, 2.45) is 5.92 Å². The van der Waals surface area contributed by atoms with Gasteiger partial charge in [0, 0.05) is 19.0 Å². The van der Waals surface area contributed by atoms with Gasteiger partial charge in [0.25, 0.3) is 0 Å². The first-order valence-corrected chi connectivity index (χ1v) is 8.69. The highest BCUT2D eigenvalue weighted by Gasteiger charge is 2.43. The molecule has 2 aliphatic rings. The lowest BCUT2D eigenvalue weighted by Crippen LogP contribution is -2.52. The molecule has 3 nitrogen and oxygen atoms in total. The molecular formula is C19H31NO2. The molecule has 2 rings (SSSR count). The van der Waals surface area contributed by atoms with Crippen LogP contribution in [0.25, 0.3) is 0 Å². The van der Waals surface area contributed by atoms with E-state index < -0.39 is 5.60 Å². The van der Waals surface area contributed by atoms with Crippen molar-refractivity contribution in [3.8, 4) is 0 Å². The van der Waals surface area contributed by atoms with Gasteiger partial charge in [-0.05, 0) is 57.6 Å². The van der Waals surface area contributed by atoms with Gasteiger partial charge in [-0.15, -0.1) is 0 Å². The molecule has 2 fully saturated rings. The number of ketones is 1. The number of aliphatic hydroxyl groups is 1. The molecule has 124 valence electrons. The lowest BCUT2D eigenvalue weighted by molar-refractivity contribution is -0.115. The summed E-state index contributed by atoms with van der Waals surface area (Å²) in [4.78, 5) is 14.0. The first-order chi connectivity index (χ1) is 10.3. The number of carbonyl (C=O) groups is 1. The highest BCUT2D eigenvalue weighted by molar-refractivity contribution is 5.94. The lowest BCUT2D eigenvalue weighted by Gasteiger charge is -2.43. The molecule has 0 spiro atoms. The van der Waals surface area contributed by atoms with Crippen LogP contribution in [0.3, 0.4) is 0 Å². The Labute approximate surface area is 135 Å². The van der Waals surface area contributed by atoms with Gasteiger partial charge < -0.3 is 5.11 Å². The Balaban J connectivity index is 1.98. The minimum Gasteiger partial charge on any atom is -0.388 e. The normalized spacial score (nSPS) is 33.0. The molecule has 0 unspecified atom stereocenters. The number of hydrogen-bond donors (Lipinski definition) is 1. The molecule has 0 aliphatic carbocycles. The number of Topliss-reactive ketones (excluding diaryl/α,β-unsaturated/α-hetero) is 1. The van der Waals surface area contributed by atoms with Crippen LogP contribution >= 0.6 is 0 Å². The fraction of sp³-hybridized carbons (Fsp3) is 0.737. The number of nitrogens with zero attached hydrogens (tertiary/aromatic N) is 1. The molecule has 0 aromatic carbocycles. The molecule has 1 N–H and O–H groups in total. The second-order valence-corrected chi connectivity index (χ2v) is 7.36. The smallest absolute Gasteiger partial charge is 0.157 e. The molecule has 22 heavy (non-hydrogen) atoms. The Kier molecular flexibility index (Phi) is 5.62. The fourth-order valence-electron chi connectivity index (χ4n) is 3.95. The van der Waals surface area contributed by atoms with E-state index in [1.54, 1.807) is 0 Å². The Hall–Kier alpha value is -0.930. The van der Waals surface area contributed by atoms with Gasteiger partial charge in [0.1, 0.15) is 0 Å². The van der Waals surface area contributed by atoms with Crippen LogP contribution in [0.15, 0.2) is 23.3 Å². The standard InChI is InChI=1S/C19H31NO2/c1-5-17(21)15(3)9-8-14(2)11-16-12-19(4,22)18-7-6-10-20(18)13-16/h9,11,14,18,22H,5-8,10,12-13H2,1-4H3/b15-9+,16-11-/t14-,18+,19+/m1/s1. The summed E-state index contributed by atoms with van der Waals surface area (Å²) < 4.78 is 0. The van der Waals surface area contributed by atoms with E-state index in [4.69, 9.17) is 0 Å². The van der Waals surface area contributed by atoms with Crippen molar-refractivity contribution < 1.29 is 9.90 Å². The SMILES string of the molecule is CCC(=O)/C(C)=C/C[C@@H](C)/C=C1\CN2CCC[C@H]2[C@@](C)(O)C1. The Morgan fingerprint density at radius 3 is 2.95 bits per heavy atom. The van der Waals surface area contributed by atoms with Crippen molar-refractivity contribution in [2.45, 2.75) is 71.4 Å². The maximum absolute atomic E-state index is 11.6. The first-order valence-electron chi connectivity index (χ1n) is 8.69. The molecule has 3 heteroatoms. The van der Waals surface area contributed by atoms with Gasteiger partial charge in [-0.25, -0.2) is 0 Å². The lowest BCUT2D eigenvalue weighted by atomic mass is 9.82. The highest BCUT2D eigenvalue weighted by atomic mass is 16.3. The topological polar surface area (TPSA) is 40.5 Å². The molecule has 2 heterocycles. The van der Waals surface area contributed by atoms with Crippen LogP contribution in [0.4, 0.5) is 0 Å². The van der Waals surface area contributed by atoms with Crippen molar-refractivity contribution in [1.82, 2.24) is 4.90 Å². The maximum atomic E-state index is 11.6. The van der Waals surface area contributed by atoms with Crippen LogP contribution < -0.4 is 0 Å². The van der Waals surface area contributed by atoms with Gasteiger partial charge in [0.05, 0.1) is 5.60 Å². The van der Waals surface area contributed by atoms with E-state index in [1.165, 1.54) is 12.0 Å². The predicted octanol–water partition coefficient (Wildman–Crippen LogP) is 3.48. The van der Waals surface area contributed by atoms with Crippen molar-refractivity contribution in [3.05, 3.63) is 23.3 Å². The molecule has 0 aromatic heterocycles. The Morgan fingerprint density at radius 2 is 2.27 bits per heavy atom. The summed E-state index contributed by atoms with van der Waals surface area (Å²) in [6.07, 6.45) is 8.96.